The largest absolute Gasteiger partial charge is 0.490 e. The van der Waals surface area contributed by atoms with E-state index >= 15 is 0 Å². The van der Waals surface area contributed by atoms with Gasteiger partial charge in [0, 0.05) is 24.3 Å². The summed E-state index contributed by atoms with van der Waals surface area (Å²) in [6.07, 6.45) is 3.85. The minimum absolute atomic E-state index is 0.280. The molecule has 0 saturated heterocycles. The first-order valence-electron chi connectivity index (χ1n) is 7.64. The van der Waals surface area contributed by atoms with Crippen molar-refractivity contribution in [2.24, 2.45) is 0 Å². The van der Waals surface area contributed by atoms with Crippen molar-refractivity contribution in [3.05, 3.63) is 59.7 Å². The van der Waals surface area contributed by atoms with Crippen LogP contribution in [-0.4, -0.2) is 19.1 Å². The lowest BCUT2D eigenvalue weighted by molar-refractivity contribution is -0.111. The summed E-state index contributed by atoms with van der Waals surface area (Å²) < 4.78 is 11.2. The van der Waals surface area contributed by atoms with E-state index in [9.17, 15) is 4.79 Å². The van der Waals surface area contributed by atoms with Crippen LogP contribution in [0.3, 0.4) is 0 Å². The van der Waals surface area contributed by atoms with E-state index in [1.807, 2.05) is 6.07 Å². The molecule has 5 heteroatoms. The number of hydrogen-bond donors (Lipinski definition) is 1. The molecule has 1 aliphatic rings. The first-order chi connectivity index (χ1) is 11.8. The van der Waals surface area contributed by atoms with Gasteiger partial charge < -0.3 is 14.8 Å². The highest BCUT2D eigenvalue weighted by Crippen LogP contribution is 2.32. The first kappa shape index (κ1) is 15.6. The van der Waals surface area contributed by atoms with Crippen LogP contribution in [0.1, 0.15) is 17.5 Å². The van der Waals surface area contributed by atoms with E-state index in [4.69, 9.17) is 14.7 Å². The quantitative estimate of drug-likeness (QED) is 0.880. The van der Waals surface area contributed by atoms with Crippen molar-refractivity contribution in [2.45, 2.75) is 6.42 Å². The lowest BCUT2D eigenvalue weighted by Gasteiger charge is -2.09. The topological polar surface area (TPSA) is 71.4 Å². The molecule has 0 bridgehead atoms. The van der Waals surface area contributed by atoms with Crippen LogP contribution in [0, 0.1) is 11.3 Å². The fourth-order valence-corrected chi connectivity index (χ4v) is 2.33. The van der Waals surface area contributed by atoms with Crippen LogP contribution in [-0.2, 0) is 4.79 Å². The van der Waals surface area contributed by atoms with Gasteiger partial charge in [0.25, 0.3) is 0 Å². The summed E-state index contributed by atoms with van der Waals surface area (Å²) in [5.74, 6) is 1.03. The Balaban J connectivity index is 1.70. The predicted octanol–water partition coefficient (Wildman–Crippen LogP) is 3.37. The Hall–Kier alpha value is -3.26. The van der Waals surface area contributed by atoms with Gasteiger partial charge in [-0.25, -0.2) is 0 Å². The van der Waals surface area contributed by atoms with Crippen molar-refractivity contribution < 1.29 is 14.3 Å². The van der Waals surface area contributed by atoms with Crippen molar-refractivity contribution in [1.82, 2.24) is 0 Å². The SMILES string of the molecule is N#Cc1ccccc1C=CC(=O)Nc1ccc2c(c1)OCCCO2. The zero-order valence-corrected chi connectivity index (χ0v) is 13.0. The Labute approximate surface area is 140 Å². The molecule has 5 nitrogen and oxygen atoms in total. The number of amides is 1. The number of rotatable bonds is 3. The van der Waals surface area contributed by atoms with E-state index in [1.54, 1.807) is 42.5 Å². The zero-order chi connectivity index (χ0) is 16.8. The molecule has 0 aromatic heterocycles. The summed E-state index contributed by atoms with van der Waals surface area (Å²) in [6, 6.07) is 14.5. The summed E-state index contributed by atoms with van der Waals surface area (Å²) >= 11 is 0. The van der Waals surface area contributed by atoms with Gasteiger partial charge in [-0.1, -0.05) is 18.2 Å². The number of nitrogens with one attached hydrogen (secondary N) is 1. The molecular weight excluding hydrogens is 304 g/mol. The third-order valence-electron chi connectivity index (χ3n) is 3.51. The lowest BCUT2D eigenvalue weighted by Crippen LogP contribution is -2.08. The molecule has 1 heterocycles. The molecule has 1 N–H and O–H groups in total. The van der Waals surface area contributed by atoms with Gasteiger partial charge in [-0.05, 0) is 29.8 Å². The minimum atomic E-state index is -0.280. The fourth-order valence-electron chi connectivity index (χ4n) is 2.33. The highest BCUT2D eigenvalue weighted by molar-refractivity contribution is 6.02. The molecule has 3 rings (SSSR count). The van der Waals surface area contributed by atoms with Crippen molar-refractivity contribution in [3.63, 3.8) is 0 Å². The maximum atomic E-state index is 12.1. The maximum absolute atomic E-state index is 12.1. The first-order valence-corrected chi connectivity index (χ1v) is 7.64. The van der Waals surface area contributed by atoms with E-state index in [0.717, 1.165) is 6.42 Å². The molecule has 0 atom stereocenters. The third kappa shape index (κ3) is 3.73. The second-order valence-corrected chi connectivity index (χ2v) is 5.23. The normalized spacial score (nSPS) is 13.1. The molecule has 1 amide bonds. The summed E-state index contributed by atoms with van der Waals surface area (Å²) in [7, 11) is 0. The molecule has 2 aromatic rings. The maximum Gasteiger partial charge on any atom is 0.248 e. The second kappa shape index (κ2) is 7.34. The van der Waals surface area contributed by atoms with Gasteiger partial charge >= 0.3 is 0 Å². The summed E-state index contributed by atoms with van der Waals surface area (Å²) in [5.41, 5.74) is 1.86. The Morgan fingerprint density at radius 3 is 2.75 bits per heavy atom. The number of anilines is 1. The highest BCUT2D eigenvalue weighted by Gasteiger charge is 2.11. The number of fused-ring (bicyclic) bond motifs is 1. The molecule has 24 heavy (non-hydrogen) atoms. The minimum Gasteiger partial charge on any atom is -0.490 e. The number of hydrogen-bond acceptors (Lipinski definition) is 4. The molecule has 0 fully saturated rings. The van der Waals surface area contributed by atoms with Crippen molar-refractivity contribution in [3.8, 4) is 17.6 Å². The van der Waals surface area contributed by atoms with Gasteiger partial charge in [-0.15, -0.1) is 0 Å². The number of carbonyl (C=O) groups excluding carboxylic acids is 1. The number of nitrogens with zero attached hydrogens (tertiary/aromatic N) is 1. The molecule has 0 spiro atoms. The van der Waals surface area contributed by atoms with Crippen LogP contribution in [0.15, 0.2) is 48.5 Å². The predicted molar refractivity (Wildman–Crippen MR) is 90.9 cm³/mol. The Kier molecular flexibility index (Phi) is 4.78. The number of benzene rings is 2. The standard InChI is InChI=1S/C19H16N2O3/c20-13-15-5-2-1-4-14(15)6-9-19(22)21-16-7-8-17-18(12-16)24-11-3-10-23-17/h1-2,4-9,12H,3,10-11H2,(H,21,22). The molecule has 0 radical (unpaired) electrons. The summed E-state index contributed by atoms with van der Waals surface area (Å²) in [6.45, 7) is 1.22. The zero-order valence-electron chi connectivity index (χ0n) is 13.0. The molecule has 0 unspecified atom stereocenters. The smallest absolute Gasteiger partial charge is 0.248 e. The van der Waals surface area contributed by atoms with Crippen LogP contribution < -0.4 is 14.8 Å². The van der Waals surface area contributed by atoms with E-state index in [-0.39, 0.29) is 5.91 Å². The average Bonchev–Trinajstić information content (AvgIpc) is 2.85. The van der Waals surface area contributed by atoms with E-state index in [1.165, 1.54) is 6.08 Å². The van der Waals surface area contributed by atoms with Crippen LogP contribution in [0.2, 0.25) is 0 Å². The Bertz CT molecular complexity index is 822. The summed E-state index contributed by atoms with van der Waals surface area (Å²) in [5, 5.41) is 11.8. The highest BCUT2D eigenvalue weighted by atomic mass is 16.5. The third-order valence-corrected chi connectivity index (χ3v) is 3.51. The van der Waals surface area contributed by atoms with Crippen LogP contribution in [0.5, 0.6) is 11.5 Å². The van der Waals surface area contributed by atoms with E-state index in [2.05, 4.69) is 11.4 Å². The molecule has 120 valence electrons. The number of carbonyl (C=O) groups is 1. The fraction of sp³-hybridized carbons (Fsp3) is 0.158. The van der Waals surface area contributed by atoms with Gasteiger partial charge in [-0.2, -0.15) is 5.26 Å². The molecule has 2 aromatic carbocycles. The van der Waals surface area contributed by atoms with Gasteiger partial charge in [0.1, 0.15) is 0 Å². The van der Waals surface area contributed by atoms with Crippen molar-refractivity contribution in [1.29, 1.82) is 5.26 Å². The second-order valence-electron chi connectivity index (χ2n) is 5.23. The summed E-state index contributed by atoms with van der Waals surface area (Å²) in [4.78, 5) is 12.1. The lowest BCUT2D eigenvalue weighted by atomic mass is 10.1. The number of nitriles is 1. The van der Waals surface area contributed by atoms with Crippen molar-refractivity contribution in [2.75, 3.05) is 18.5 Å². The molecule has 0 saturated carbocycles. The van der Waals surface area contributed by atoms with E-state index in [0.29, 0.717) is 41.5 Å². The van der Waals surface area contributed by atoms with Crippen LogP contribution >= 0.6 is 0 Å². The van der Waals surface area contributed by atoms with Crippen LogP contribution in [0.25, 0.3) is 6.08 Å². The van der Waals surface area contributed by atoms with Gasteiger partial charge in [0.05, 0.1) is 24.8 Å². The van der Waals surface area contributed by atoms with Crippen molar-refractivity contribution >= 4 is 17.7 Å². The number of ether oxygens (including phenoxy) is 2. The Morgan fingerprint density at radius 1 is 1.12 bits per heavy atom. The van der Waals surface area contributed by atoms with E-state index < -0.39 is 0 Å². The van der Waals surface area contributed by atoms with Gasteiger partial charge in [-0.3, -0.25) is 4.79 Å². The molecular formula is C19H16N2O3. The van der Waals surface area contributed by atoms with Crippen LogP contribution in [0.4, 0.5) is 5.69 Å². The molecule has 0 aliphatic carbocycles. The van der Waals surface area contributed by atoms with Gasteiger partial charge in [0.15, 0.2) is 11.5 Å². The monoisotopic (exact) mass is 320 g/mol. The average molecular weight is 320 g/mol. The molecule has 1 aliphatic heterocycles. The van der Waals surface area contributed by atoms with Gasteiger partial charge in [0.2, 0.25) is 5.91 Å². The Morgan fingerprint density at radius 2 is 1.92 bits per heavy atom.